The smallest absolute Gasteiger partial charge is 0.383 e. The van der Waals surface area contributed by atoms with Crippen LogP contribution in [0.2, 0.25) is 0 Å². The quantitative estimate of drug-likeness (QED) is 0.181. The van der Waals surface area contributed by atoms with E-state index in [9.17, 15) is 4.79 Å². The number of para-hydroxylation sites is 1. The van der Waals surface area contributed by atoms with Crippen LogP contribution < -0.4 is 19.8 Å². The first-order valence-corrected chi connectivity index (χ1v) is 12.1. The van der Waals surface area contributed by atoms with E-state index in [0.717, 1.165) is 19.3 Å². The first-order valence-electron chi connectivity index (χ1n) is 12.1. The van der Waals surface area contributed by atoms with E-state index in [2.05, 4.69) is 39.8 Å². The normalized spacial score (nSPS) is 12.3. The van der Waals surface area contributed by atoms with Crippen LogP contribution in [0.5, 0.6) is 17.2 Å². The van der Waals surface area contributed by atoms with Crippen molar-refractivity contribution in [1.82, 2.24) is 0 Å². The Morgan fingerprint density at radius 3 is 2.44 bits per heavy atom. The molecule has 0 aliphatic heterocycles. The summed E-state index contributed by atoms with van der Waals surface area (Å²) in [6, 6.07) is 5.52. The van der Waals surface area contributed by atoms with Gasteiger partial charge in [-0.1, -0.05) is 42.4 Å². The zero-order chi connectivity index (χ0) is 25.1. The topological polar surface area (TPSA) is 57.9 Å². The molecule has 186 valence electrons. The first kappa shape index (κ1) is 27.3. The molecule has 0 saturated carbocycles. The first-order chi connectivity index (χ1) is 16.1. The Morgan fingerprint density at radius 1 is 1.00 bits per heavy atom. The van der Waals surface area contributed by atoms with Gasteiger partial charge in [0.1, 0.15) is 12.2 Å². The van der Waals surface area contributed by atoms with E-state index in [1.54, 1.807) is 6.07 Å². The summed E-state index contributed by atoms with van der Waals surface area (Å²) in [7, 11) is 0. The van der Waals surface area contributed by atoms with Gasteiger partial charge in [0.2, 0.25) is 5.75 Å². The second-order valence-corrected chi connectivity index (χ2v) is 9.59. The number of ether oxygens (including phenoxy) is 3. The van der Waals surface area contributed by atoms with Crippen molar-refractivity contribution in [3.8, 4) is 17.2 Å². The molecule has 5 heteroatoms. The highest BCUT2D eigenvalue weighted by molar-refractivity contribution is 5.90. The molecule has 0 amide bonds. The van der Waals surface area contributed by atoms with Gasteiger partial charge in [-0.25, -0.2) is 4.79 Å². The van der Waals surface area contributed by atoms with Crippen molar-refractivity contribution in [2.75, 3.05) is 13.2 Å². The molecule has 5 nitrogen and oxygen atoms in total. The Hall–Kier alpha value is -2.95. The van der Waals surface area contributed by atoms with Crippen molar-refractivity contribution in [3.63, 3.8) is 0 Å². The lowest BCUT2D eigenvalue weighted by atomic mass is 10.1. The van der Waals surface area contributed by atoms with Crippen LogP contribution in [-0.4, -0.2) is 18.8 Å². The van der Waals surface area contributed by atoms with Crippen molar-refractivity contribution in [2.45, 2.75) is 79.8 Å². The molecule has 0 spiro atoms. The van der Waals surface area contributed by atoms with Crippen LogP contribution in [0.4, 0.5) is 0 Å². The highest BCUT2D eigenvalue weighted by atomic mass is 16.5. The van der Waals surface area contributed by atoms with Crippen molar-refractivity contribution in [1.29, 1.82) is 0 Å². The Bertz CT molecular complexity index is 1080. The lowest BCUT2D eigenvalue weighted by Crippen LogP contribution is -2.23. The third-order valence-corrected chi connectivity index (χ3v) is 4.91. The molecule has 0 atom stereocenters. The van der Waals surface area contributed by atoms with Crippen LogP contribution in [-0.2, 0) is 0 Å². The van der Waals surface area contributed by atoms with Gasteiger partial charge in [-0.2, -0.15) is 0 Å². The van der Waals surface area contributed by atoms with Gasteiger partial charge in [0, 0.05) is 0 Å². The van der Waals surface area contributed by atoms with Gasteiger partial charge in [0.25, 0.3) is 0 Å². The minimum absolute atomic E-state index is 0.0981. The minimum atomic E-state index is -0.573. The van der Waals surface area contributed by atoms with Gasteiger partial charge in [0.05, 0.1) is 12.0 Å². The average Bonchev–Trinajstić information content (AvgIpc) is 2.74. The van der Waals surface area contributed by atoms with E-state index < -0.39 is 11.2 Å². The highest BCUT2D eigenvalue weighted by Gasteiger charge is 2.22. The third-order valence-electron chi connectivity index (χ3n) is 4.91. The van der Waals surface area contributed by atoms with Crippen molar-refractivity contribution in [2.24, 2.45) is 0 Å². The summed E-state index contributed by atoms with van der Waals surface area (Å²) in [5.74, 6) is 0.983. The number of hydrogen-bond donors (Lipinski definition) is 0. The van der Waals surface area contributed by atoms with Crippen LogP contribution in [0.15, 0.2) is 62.9 Å². The molecule has 0 aliphatic carbocycles. The Morgan fingerprint density at radius 2 is 1.76 bits per heavy atom. The van der Waals surface area contributed by atoms with E-state index in [1.807, 2.05) is 45.1 Å². The number of rotatable bonds is 12. The second kappa shape index (κ2) is 13.1. The van der Waals surface area contributed by atoms with Gasteiger partial charge in [-0.15, -0.1) is 0 Å². The average molecular weight is 469 g/mol. The van der Waals surface area contributed by atoms with E-state index in [0.29, 0.717) is 42.1 Å². The van der Waals surface area contributed by atoms with E-state index in [-0.39, 0.29) is 5.75 Å². The maximum Gasteiger partial charge on any atom is 0.383 e. The predicted molar refractivity (Wildman–Crippen MR) is 140 cm³/mol. The lowest BCUT2D eigenvalue weighted by Gasteiger charge is -2.22. The summed E-state index contributed by atoms with van der Waals surface area (Å²) in [5, 5.41) is 0.649. The monoisotopic (exact) mass is 468 g/mol. The summed E-state index contributed by atoms with van der Waals surface area (Å²) >= 11 is 0. The maximum absolute atomic E-state index is 12.9. The molecule has 0 unspecified atom stereocenters. The van der Waals surface area contributed by atoms with Crippen molar-refractivity contribution >= 4 is 11.0 Å². The fourth-order valence-electron chi connectivity index (χ4n) is 3.30. The Kier molecular flexibility index (Phi) is 10.5. The molecule has 2 aromatic rings. The zero-order valence-corrected chi connectivity index (χ0v) is 21.8. The summed E-state index contributed by atoms with van der Waals surface area (Å²) in [4.78, 5) is 12.9. The van der Waals surface area contributed by atoms with Gasteiger partial charge in [-0.05, 0) is 85.4 Å². The molecule has 0 saturated heterocycles. The molecule has 1 heterocycles. The molecule has 34 heavy (non-hydrogen) atoms. The maximum atomic E-state index is 12.9. The van der Waals surface area contributed by atoms with Gasteiger partial charge >= 0.3 is 5.63 Å². The Balaban J connectivity index is 2.38. The van der Waals surface area contributed by atoms with Crippen LogP contribution in [0, 0.1) is 0 Å². The second-order valence-electron chi connectivity index (χ2n) is 9.59. The van der Waals surface area contributed by atoms with Gasteiger partial charge in [0.15, 0.2) is 17.1 Å². The SMILES string of the molecule is CC/C=C/CCOc1c(OC/C=C(\C)CCC=C(C)C)c2cccc(OC(C)(C)C)c2oc1=O. The molecular formula is C29H40O5. The minimum Gasteiger partial charge on any atom is -0.485 e. The van der Waals surface area contributed by atoms with E-state index in [4.69, 9.17) is 18.6 Å². The number of benzene rings is 1. The summed E-state index contributed by atoms with van der Waals surface area (Å²) < 4.78 is 23.7. The summed E-state index contributed by atoms with van der Waals surface area (Å²) in [6.45, 7) is 14.9. The van der Waals surface area contributed by atoms with Crippen LogP contribution in [0.3, 0.4) is 0 Å². The van der Waals surface area contributed by atoms with Gasteiger partial charge < -0.3 is 18.6 Å². The van der Waals surface area contributed by atoms with E-state index in [1.165, 1.54) is 11.1 Å². The van der Waals surface area contributed by atoms with Crippen molar-refractivity contribution < 1.29 is 18.6 Å². The molecule has 2 rings (SSSR count). The standard InChI is InChI=1S/C29H40O5/c1-8-9-10-11-19-31-27-26(32-20-18-22(4)15-12-14-21(2)3)23-16-13-17-24(34-29(5,6)7)25(23)33-28(27)30/h9-10,13-14,16-18H,8,11-12,15,19-20H2,1-7H3/b10-9+,22-18+. The fraction of sp³-hybridized carbons (Fsp3) is 0.483. The van der Waals surface area contributed by atoms with Crippen LogP contribution >= 0.6 is 0 Å². The van der Waals surface area contributed by atoms with Crippen LogP contribution in [0.25, 0.3) is 11.0 Å². The van der Waals surface area contributed by atoms with Crippen molar-refractivity contribution in [3.05, 3.63) is 64.1 Å². The number of allylic oxidation sites excluding steroid dienone is 4. The third kappa shape index (κ3) is 8.77. The largest absolute Gasteiger partial charge is 0.485 e. The molecule has 0 bridgehead atoms. The molecule has 0 fully saturated rings. The Labute approximate surface area is 204 Å². The molecular weight excluding hydrogens is 428 g/mol. The predicted octanol–water partition coefficient (Wildman–Crippen LogP) is 7.78. The van der Waals surface area contributed by atoms with Gasteiger partial charge in [-0.3, -0.25) is 0 Å². The lowest BCUT2D eigenvalue weighted by molar-refractivity contribution is 0.131. The van der Waals surface area contributed by atoms with Crippen LogP contribution in [0.1, 0.15) is 74.1 Å². The molecule has 0 radical (unpaired) electrons. The summed E-state index contributed by atoms with van der Waals surface area (Å²) in [6.07, 6.45) is 12.0. The molecule has 1 aromatic carbocycles. The number of hydrogen-bond acceptors (Lipinski definition) is 5. The number of fused-ring (bicyclic) bond motifs is 1. The summed E-state index contributed by atoms with van der Waals surface area (Å²) in [5.41, 5.74) is 1.89. The molecule has 0 aliphatic rings. The fourth-order valence-corrected chi connectivity index (χ4v) is 3.30. The zero-order valence-electron chi connectivity index (χ0n) is 21.8. The highest BCUT2D eigenvalue weighted by Crippen LogP contribution is 2.38. The molecule has 0 N–H and O–H groups in total. The molecule has 1 aromatic heterocycles. The van der Waals surface area contributed by atoms with E-state index >= 15 is 0 Å².